The minimum Gasteiger partial charge on any atom is -0.490 e. The molecule has 0 saturated heterocycles. The van der Waals surface area contributed by atoms with Gasteiger partial charge < -0.3 is 15.0 Å². The number of ether oxygens (including phenoxy) is 1. The van der Waals surface area contributed by atoms with Gasteiger partial charge >= 0.3 is 6.03 Å². The summed E-state index contributed by atoms with van der Waals surface area (Å²) in [5, 5.41) is 2.96. The van der Waals surface area contributed by atoms with Gasteiger partial charge in [0, 0.05) is 26.0 Å². The monoisotopic (exact) mass is 351 g/mol. The number of rotatable bonds is 7. The lowest BCUT2D eigenvalue weighted by Gasteiger charge is -2.18. The minimum atomic E-state index is -0.420. The average Bonchev–Trinajstić information content (AvgIpc) is 2.58. The molecule has 128 valence electrons. The van der Waals surface area contributed by atoms with E-state index < -0.39 is 5.82 Å². The highest BCUT2D eigenvalue weighted by molar-refractivity contribution is 6.32. The zero-order chi connectivity index (χ0) is 17.4. The molecule has 0 aliphatic heterocycles. The summed E-state index contributed by atoms with van der Waals surface area (Å²) in [7, 11) is 1.73. The van der Waals surface area contributed by atoms with E-state index >= 15 is 0 Å². The molecule has 0 fully saturated rings. The van der Waals surface area contributed by atoms with Gasteiger partial charge in [0.2, 0.25) is 0 Å². The fraction of sp³-hybridized carbons (Fsp3) is 0.294. The van der Waals surface area contributed by atoms with Crippen molar-refractivity contribution in [3.05, 3.63) is 59.1 Å². The van der Waals surface area contributed by atoms with E-state index in [1.54, 1.807) is 24.3 Å². The standard InChI is InChI=1S/C17H19ClFN3O2/c1-22(10-6-13-4-7-20-8-5-13)17(23)21-9-11-24-16-3-2-14(19)12-15(16)18/h2-5,7-8,12H,6,9-11H2,1H3,(H,21,23). The van der Waals surface area contributed by atoms with Gasteiger partial charge in [0.15, 0.2) is 0 Å². The quantitative estimate of drug-likeness (QED) is 0.780. The molecule has 2 aromatic rings. The van der Waals surface area contributed by atoms with Crippen molar-refractivity contribution < 1.29 is 13.9 Å². The van der Waals surface area contributed by atoms with Crippen molar-refractivity contribution in [3.63, 3.8) is 0 Å². The number of benzene rings is 1. The number of amides is 2. The molecule has 2 rings (SSSR count). The number of nitrogens with zero attached hydrogens (tertiary/aromatic N) is 2. The van der Waals surface area contributed by atoms with Crippen LogP contribution in [0.15, 0.2) is 42.7 Å². The van der Waals surface area contributed by atoms with Crippen molar-refractivity contribution in [2.75, 3.05) is 26.7 Å². The third-order valence-corrected chi connectivity index (χ3v) is 3.66. The first-order valence-electron chi connectivity index (χ1n) is 7.52. The Hall–Kier alpha value is -2.34. The fourth-order valence-corrected chi connectivity index (χ4v) is 2.22. The third-order valence-electron chi connectivity index (χ3n) is 3.36. The molecule has 24 heavy (non-hydrogen) atoms. The lowest BCUT2D eigenvalue weighted by atomic mass is 10.2. The molecule has 0 unspecified atom stereocenters. The maximum absolute atomic E-state index is 12.9. The van der Waals surface area contributed by atoms with Crippen molar-refractivity contribution in [1.29, 1.82) is 0 Å². The number of hydrogen-bond acceptors (Lipinski definition) is 3. The minimum absolute atomic E-state index is 0.183. The highest BCUT2D eigenvalue weighted by atomic mass is 35.5. The second-order valence-corrected chi connectivity index (χ2v) is 5.59. The maximum Gasteiger partial charge on any atom is 0.317 e. The summed E-state index contributed by atoms with van der Waals surface area (Å²) < 4.78 is 18.3. The Bertz CT molecular complexity index is 670. The fourth-order valence-electron chi connectivity index (χ4n) is 1.99. The summed E-state index contributed by atoms with van der Waals surface area (Å²) >= 11 is 5.86. The number of halogens is 2. The van der Waals surface area contributed by atoms with Gasteiger partial charge in [-0.3, -0.25) is 4.98 Å². The van der Waals surface area contributed by atoms with Gasteiger partial charge in [0.25, 0.3) is 0 Å². The Morgan fingerprint density at radius 2 is 2.08 bits per heavy atom. The van der Waals surface area contributed by atoms with Gasteiger partial charge in [-0.15, -0.1) is 0 Å². The molecule has 7 heteroatoms. The summed E-state index contributed by atoms with van der Waals surface area (Å²) in [4.78, 5) is 17.5. The van der Waals surface area contributed by atoms with Gasteiger partial charge in [-0.25, -0.2) is 9.18 Å². The molecule has 0 aliphatic rings. The van der Waals surface area contributed by atoms with Crippen LogP contribution in [0, 0.1) is 5.82 Å². The van der Waals surface area contributed by atoms with E-state index in [1.165, 1.54) is 18.2 Å². The second-order valence-electron chi connectivity index (χ2n) is 5.18. The van der Waals surface area contributed by atoms with Crippen LogP contribution in [0.5, 0.6) is 5.75 Å². The SMILES string of the molecule is CN(CCc1ccncc1)C(=O)NCCOc1ccc(F)cc1Cl. The summed E-state index contributed by atoms with van der Waals surface area (Å²) in [5.74, 6) is -0.0326. The Morgan fingerprint density at radius 3 is 2.79 bits per heavy atom. The Kier molecular flexibility index (Phi) is 6.81. The molecule has 1 heterocycles. The highest BCUT2D eigenvalue weighted by Crippen LogP contribution is 2.24. The predicted octanol–water partition coefficient (Wildman–Crippen LogP) is 3.14. The van der Waals surface area contributed by atoms with Crippen LogP contribution in [0.4, 0.5) is 9.18 Å². The third kappa shape index (κ3) is 5.70. The molecular weight excluding hydrogens is 333 g/mol. The Morgan fingerprint density at radius 1 is 1.33 bits per heavy atom. The molecule has 0 aliphatic carbocycles. The molecule has 5 nitrogen and oxygen atoms in total. The normalized spacial score (nSPS) is 10.3. The van der Waals surface area contributed by atoms with Crippen LogP contribution in [0.2, 0.25) is 5.02 Å². The number of aromatic nitrogens is 1. The van der Waals surface area contributed by atoms with Gasteiger partial charge in [-0.2, -0.15) is 0 Å². The molecule has 0 saturated carbocycles. The lowest BCUT2D eigenvalue weighted by molar-refractivity contribution is 0.206. The summed E-state index contributed by atoms with van der Waals surface area (Å²) in [6.07, 6.45) is 4.22. The van der Waals surface area contributed by atoms with E-state index in [1.807, 2.05) is 12.1 Å². The van der Waals surface area contributed by atoms with Crippen molar-refractivity contribution in [2.24, 2.45) is 0 Å². The van der Waals surface area contributed by atoms with Crippen LogP contribution in [-0.2, 0) is 6.42 Å². The molecule has 1 aromatic heterocycles. The van der Waals surface area contributed by atoms with E-state index in [9.17, 15) is 9.18 Å². The van der Waals surface area contributed by atoms with Crippen LogP contribution in [-0.4, -0.2) is 42.7 Å². The molecule has 0 radical (unpaired) electrons. The first-order chi connectivity index (χ1) is 11.6. The molecule has 0 bridgehead atoms. The van der Waals surface area contributed by atoms with Crippen LogP contribution in [0.1, 0.15) is 5.56 Å². The Labute approximate surface area is 145 Å². The molecule has 1 N–H and O–H groups in total. The number of nitrogens with one attached hydrogen (secondary N) is 1. The van der Waals surface area contributed by atoms with E-state index in [0.29, 0.717) is 18.8 Å². The highest BCUT2D eigenvalue weighted by Gasteiger charge is 2.08. The van der Waals surface area contributed by atoms with E-state index in [-0.39, 0.29) is 17.7 Å². The number of hydrogen-bond donors (Lipinski definition) is 1. The number of pyridine rings is 1. The lowest BCUT2D eigenvalue weighted by Crippen LogP contribution is -2.40. The van der Waals surface area contributed by atoms with Crippen molar-refractivity contribution in [1.82, 2.24) is 15.2 Å². The first-order valence-corrected chi connectivity index (χ1v) is 7.90. The average molecular weight is 352 g/mol. The van der Waals surface area contributed by atoms with Gasteiger partial charge in [-0.1, -0.05) is 11.6 Å². The second kappa shape index (κ2) is 9.08. The topological polar surface area (TPSA) is 54.5 Å². The zero-order valence-corrected chi connectivity index (χ0v) is 14.1. The number of likely N-dealkylation sites (N-methyl/N-ethyl adjacent to an activating group) is 1. The molecule has 0 spiro atoms. The summed E-state index contributed by atoms with van der Waals surface area (Å²) in [6, 6.07) is 7.57. The van der Waals surface area contributed by atoms with Crippen LogP contribution in [0.3, 0.4) is 0 Å². The summed E-state index contributed by atoms with van der Waals surface area (Å²) in [6.45, 7) is 1.17. The van der Waals surface area contributed by atoms with Gasteiger partial charge in [0.1, 0.15) is 18.2 Å². The van der Waals surface area contributed by atoms with Crippen molar-refractivity contribution in [2.45, 2.75) is 6.42 Å². The molecule has 2 amide bonds. The van der Waals surface area contributed by atoms with Crippen molar-refractivity contribution in [3.8, 4) is 5.75 Å². The molecular formula is C17H19ClFN3O2. The van der Waals surface area contributed by atoms with Crippen LogP contribution < -0.4 is 10.1 Å². The smallest absolute Gasteiger partial charge is 0.317 e. The number of carbonyl (C=O) groups excluding carboxylic acids is 1. The van der Waals surface area contributed by atoms with E-state index in [2.05, 4.69) is 10.3 Å². The van der Waals surface area contributed by atoms with Crippen LogP contribution in [0.25, 0.3) is 0 Å². The molecule has 1 aromatic carbocycles. The molecule has 0 atom stereocenters. The van der Waals surface area contributed by atoms with E-state index in [4.69, 9.17) is 16.3 Å². The number of urea groups is 1. The Balaban J connectivity index is 1.67. The van der Waals surface area contributed by atoms with E-state index in [0.717, 1.165) is 12.0 Å². The predicted molar refractivity (Wildman–Crippen MR) is 90.9 cm³/mol. The van der Waals surface area contributed by atoms with Crippen molar-refractivity contribution >= 4 is 17.6 Å². The number of carbonyl (C=O) groups is 1. The first kappa shape index (κ1) is 18.0. The largest absolute Gasteiger partial charge is 0.490 e. The zero-order valence-electron chi connectivity index (χ0n) is 13.3. The summed E-state index contributed by atoms with van der Waals surface area (Å²) in [5.41, 5.74) is 1.12. The van der Waals surface area contributed by atoms with Gasteiger partial charge in [-0.05, 0) is 42.3 Å². The van der Waals surface area contributed by atoms with Crippen LogP contribution >= 0.6 is 11.6 Å². The van der Waals surface area contributed by atoms with Gasteiger partial charge in [0.05, 0.1) is 11.6 Å². The maximum atomic E-state index is 12.9.